The van der Waals surface area contributed by atoms with E-state index in [0.717, 1.165) is 21.9 Å². The van der Waals surface area contributed by atoms with Gasteiger partial charge in [0.15, 0.2) is 11.5 Å². The number of nitrogens with zero attached hydrogens (tertiary/aromatic N) is 1. The number of carbonyl (C=O) groups is 1. The Hall–Kier alpha value is -4.32. The van der Waals surface area contributed by atoms with Gasteiger partial charge in [-0.15, -0.1) is 0 Å². The largest absolute Gasteiger partial charge is 0.496 e. The lowest BCUT2D eigenvalue weighted by atomic mass is 10.1. The molecule has 0 radical (unpaired) electrons. The van der Waals surface area contributed by atoms with Gasteiger partial charge >= 0.3 is 0 Å². The minimum atomic E-state index is -0.355. The zero-order chi connectivity index (χ0) is 23.8. The van der Waals surface area contributed by atoms with Crippen LogP contribution in [0.15, 0.2) is 90.0 Å². The standard InChI is InChI=1S/C28H26N2O4/c1-3-33-27-15-21(13-14-25(27)34-19-20-9-5-4-6-10-20)18-29-30-28(31)24-16-22-11-7-8-12-23(22)17-26(24)32-2/h4-18H,3,19H2,1-2H3,(H,30,31). The molecule has 6 nitrogen and oxygen atoms in total. The number of hydrogen-bond acceptors (Lipinski definition) is 5. The molecule has 0 spiro atoms. The van der Waals surface area contributed by atoms with Gasteiger partial charge < -0.3 is 14.2 Å². The van der Waals surface area contributed by atoms with Crippen LogP contribution in [0.4, 0.5) is 0 Å². The van der Waals surface area contributed by atoms with Gasteiger partial charge in [-0.3, -0.25) is 4.79 Å². The molecular formula is C28H26N2O4. The molecule has 0 aliphatic heterocycles. The molecule has 0 saturated heterocycles. The van der Waals surface area contributed by atoms with Gasteiger partial charge in [0.25, 0.3) is 5.91 Å². The summed E-state index contributed by atoms with van der Waals surface area (Å²) >= 11 is 0. The highest BCUT2D eigenvalue weighted by atomic mass is 16.5. The summed E-state index contributed by atoms with van der Waals surface area (Å²) in [7, 11) is 1.54. The van der Waals surface area contributed by atoms with E-state index in [2.05, 4.69) is 10.5 Å². The second-order valence-electron chi connectivity index (χ2n) is 7.51. The normalized spacial score (nSPS) is 10.9. The van der Waals surface area contributed by atoms with Crippen molar-refractivity contribution >= 4 is 22.9 Å². The molecule has 0 heterocycles. The third-order valence-electron chi connectivity index (χ3n) is 5.20. The number of amides is 1. The number of hydrogen-bond donors (Lipinski definition) is 1. The molecule has 6 heteroatoms. The van der Waals surface area contributed by atoms with Gasteiger partial charge in [-0.1, -0.05) is 54.6 Å². The van der Waals surface area contributed by atoms with Crippen molar-refractivity contribution in [2.45, 2.75) is 13.5 Å². The summed E-state index contributed by atoms with van der Waals surface area (Å²) in [6.45, 7) is 2.86. The Balaban J connectivity index is 1.46. The van der Waals surface area contributed by atoms with E-state index >= 15 is 0 Å². The summed E-state index contributed by atoms with van der Waals surface area (Å²) < 4.78 is 17.1. The number of nitrogens with one attached hydrogen (secondary N) is 1. The third kappa shape index (κ3) is 5.53. The van der Waals surface area contributed by atoms with Crippen LogP contribution in [-0.2, 0) is 6.61 Å². The number of carbonyl (C=O) groups excluding carboxylic acids is 1. The SMILES string of the molecule is CCOc1cc(C=NNC(=O)c2cc3ccccc3cc2OC)ccc1OCc1ccccc1. The molecule has 0 bridgehead atoms. The molecule has 0 aromatic heterocycles. The maximum absolute atomic E-state index is 12.8. The quantitative estimate of drug-likeness (QED) is 0.264. The van der Waals surface area contributed by atoms with Crippen molar-refractivity contribution in [3.05, 3.63) is 102 Å². The molecule has 1 amide bonds. The van der Waals surface area contributed by atoms with Crippen LogP contribution in [0.3, 0.4) is 0 Å². The van der Waals surface area contributed by atoms with Crippen LogP contribution in [0.25, 0.3) is 10.8 Å². The third-order valence-corrected chi connectivity index (χ3v) is 5.20. The topological polar surface area (TPSA) is 69.2 Å². The Labute approximate surface area is 198 Å². The first kappa shape index (κ1) is 22.9. The van der Waals surface area contributed by atoms with E-state index in [-0.39, 0.29) is 5.91 Å². The Morgan fingerprint density at radius 2 is 1.59 bits per heavy atom. The summed E-state index contributed by atoms with van der Waals surface area (Å²) in [6, 6.07) is 26.9. The Bertz CT molecular complexity index is 1300. The zero-order valence-electron chi connectivity index (χ0n) is 19.2. The first-order chi connectivity index (χ1) is 16.7. The average molecular weight is 455 g/mol. The van der Waals surface area contributed by atoms with E-state index in [1.807, 2.05) is 85.8 Å². The fraction of sp³-hybridized carbons (Fsp3) is 0.143. The van der Waals surface area contributed by atoms with Crippen LogP contribution in [-0.4, -0.2) is 25.8 Å². The van der Waals surface area contributed by atoms with Gasteiger partial charge in [-0.2, -0.15) is 5.10 Å². The van der Waals surface area contributed by atoms with Crippen molar-refractivity contribution in [1.82, 2.24) is 5.43 Å². The predicted octanol–water partition coefficient (Wildman–Crippen LogP) is 5.59. The van der Waals surface area contributed by atoms with Gasteiger partial charge in [0, 0.05) is 0 Å². The van der Waals surface area contributed by atoms with Crippen molar-refractivity contribution in [3.8, 4) is 17.2 Å². The molecule has 0 saturated carbocycles. The number of methoxy groups -OCH3 is 1. The van der Waals surface area contributed by atoms with Crippen LogP contribution < -0.4 is 19.6 Å². The Kier molecular flexibility index (Phi) is 7.40. The molecular weight excluding hydrogens is 428 g/mol. The summed E-state index contributed by atoms with van der Waals surface area (Å²) in [5.74, 6) is 1.40. The number of benzene rings is 4. The minimum Gasteiger partial charge on any atom is -0.496 e. The van der Waals surface area contributed by atoms with E-state index < -0.39 is 0 Å². The van der Waals surface area contributed by atoms with Gasteiger partial charge in [0.2, 0.25) is 0 Å². The number of ether oxygens (including phenoxy) is 3. The molecule has 0 unspecified atom stereocenters. The fourth-order valence-electron chi connectivity index (χ4n) is 3.52. The molecule has 34 heavy (non-hydrogen) atoms. The second kappa shape index (κ2) is 11.0. The van der Waals surface area contributed by atoms with Crippen molar-refractivity contribution in [2.75, 3.05) is 13.7 Å². The number of hydrazone groups is 1. The molecule has 0 aliphatic rings. The highest BCUT2D eigenvalue weighted by molar-refractivity contribution is 6.02. The maximum Gasteiger partial charge on any atom is 0.275 e. The molecule has 4 aromatic carbocycles. The highest BCUT2D eigenvalue weighted by Crippen LogP contribution is 2.29. The Morgan fingerprint density at radius 1 is 0.853 bits per heavy atom. The van der Waals surface area contributed by atoms with Crippen molar-refractivity contribution in [3.63, 3.8) is 0 Å². The van der Waals surface area contributed by atoms with E-state index in [0.29, 0.717) is 36.0 Å². The van der Waals surface area contributed by atoms with Crippen LogP contribution >= 0.6 is 0 Å². The van der Waals surface area contributed by atoms with E-state index in [9.17, 15) is 4.79 Å². The van der Waals surface area contributed by atoms with Crippen molar-refractivity contribution in [2.24, 2.45) is 5.10 Å². The number of rotatable bonds is 9. The summed E-state index contributed by atoms with van der Waals surface area (Å²) in [4.78, 5) is 12.8. The van der Waals surface area contributed by atoms with E-state index in [4.69, 9.17) is 14.2 Å². The predicted molar refractivity (Wildman–Crippen MR) is 134 cm³/mol. The first-order valence-corrected chi connectivity index (χ1v) is 11.0. The van der Waals surface area contributed by atoms with Crippen molar-refractivity contribution in [1.29, 1.82) is 0 Å². The summed E-state index contributed by atoms with van der Waals surface area (Å²) in [5.41, 5.74) is 4.83. The molecule has 1 N–H and O–H groups in total. The smallest absolute Gasteiger partial charge is 0.275 e. The number of fused-ring (bicyclic) bond motifs is 1. The second-order valence-corrected chi connectivity index (χ2v) is 7.51. The molecule has 172 valence electrons. The molecule has 4 aromatic rings. The first-order valence-electron chi connectivity index (χ1n) is 11.0. The molecule has 0 fully saturated rings. The lowest BCUT2D eigenvalue weighted by Gasteiger charge is -2.12. The zero-order valence-corrected chi connectivity index (χ0v) is 19.2. The van der Waals surface area contributed by atoms with Gasteiger partial charge in [0.05, 0.1) is 25.5 Å². The minimum absolute atomic E-state index is 0.355. The van der Waals surface area contributed by atoms with Gasteiger partial charge in [-0.05, 0) is 59.2 Å². The highest BCUT2D eigenvalue weighted by Gasteiger charge is 2.13. The van der Waals surface area contributed by atoms with Gasteiger partial charge in [0.1, 0.15) is 12.4 Å². The molecule has 0 atom stereocenters. The van der Waals surface area contributed by atoms with Gasteiger partial charge in [-0.25, -0.2) is 5.43 Å². The Morgan fingerprint density at radius 3 is 2.32 bits per heavy atom. The summed E-state index contributed by atoms with van der Waals surface area (Å²) in [6.07, 6.45) is 1.56. The lowest BCUT2D eigenvalue weighted by Crippen LogP contribution is -2.18. The maximum atomic E-state index is 12.8. The lowest BCUT2D eigenvalue weighted by molar-refractivity contribution is 0.0952. The fourth-order valence-corrected chi connectivity index (χ4v) is 3.52. The van der Waals surface area contributed by atoms with Crippen LogP contribution in [0, 0.1) is 0 Å². The van der Waals surface area contributed by atoms with E-state index in [1.54, 1.807) is 19.4 Å². The van der Waals surface area contributed by atoms with Crippen LogP contribution in [0.5, 0.6) is 17.2 Å². The van der Waals surface area contributed by atoms with E-state index in [1.165, 1.54) is 0 Å². The van der Waals surface area contributed by atoms with Crippen LogP contribution in [0.1, 0.15) is 28.4 Å². The molecule has 0 aliphatic carbocycles. The molecule has 4 rings (SSSR count). The van der Waals surface area contributed by atoms with Crippen molar-refractivity contribution < 1.29 is 19.0 Å². The average Bonchev–Trinajstić information content (AvgIpc) is 2.88. The summed E-state index contributed by atoms with van der Waals surface area (Å²) in [5, 5.41) is 6.07. The van der Waals surface area contributed by atoms with Crippen LogP contribution in [0.2, 0.25) is 0 Å². The monoisotopic (exact) mass is 454 g/mol.